The van der Waals surface area contributed by atoms with Crippen LogP contribution < -0.4 is 10.5 Å². The number of aliphatic hydroxyl groups excluding tert-OH is 1. The highest BCUT2D eigenvalue weighted by Crippen LogP contribution is 2.27. The third kappa shape index (κ3) is 3.30. The van der Waals surface area contributed by atoms with E-state index in [1.165, 1.54) is 12.1 Å². The van der Waals surface area contributed by atoms with Crippen molar-refractivity contribution in [1.82, 2.24) is 0 Å². The molecule has 0 amide bonds. The van der Waals surface area contributed by atoms with Crippen molar-refractivity contribution >= 4 is 0 Å². The molecule has 0 saturated heterocycles. The molecule has 2 aromatic rings. The third-order valence-electron chi connectivity index (χ3n) is 2.83. The van der Waals surface area contributed by atoms with Crippen LogP contribution in [0.1, 0.15) is 24.2 Å². The van der Waals surface area contributed by atoms with Gasteiger partial charge in [0.1, 0.15) is 5.75 Å². The van der Waals surface area contributed by atoms with Gasteiger partial charge in [-0.15, -0.1) is 0 Å². The first-order valence-electron chi connectivity index (χ1n) is 6.04. The Kier molecular flexibility index (Phi) is 4.14. The van der Waals surface area contributed by atoms with E-state index >= 15 is 0 Å². The summed E-state index contributed by atoms with van der Waals surface area (Å²) in [5, 5.41) is 9.37. The van der Waals surface area contributed by atoms with Crippen LogP contribution in [0.25, 0.3) is 0 Å². The second-order valence-electron chi connectivity index (χ2n) is 4.32. The van der Waals surface area contributed by atoms with E-state index in [0.717, 1.165) is 5.56 Å². The molecule has 0 bridgehead atoms. The molecule has 2 rings (SSSR count). The maximum atomic E-state index is 13.8. The zero-order valence-electron chi connectivity index (χ0n) is 10.6. The van der Waals surface area contributed by atoms with Crippen molar-refractivity contribution in [3.8, 4) is 11.5 Å². The predicted molar refractivity (Wildman–Crippen MR) is 71.4 cm³/mol. The highest BCUT2D eigenvalue weighted by Gasteiger charge is 2.08. The Morgan fingerprint density at radius 3 is 2.42 bits per heavy atom. The van der Waals surface area contributed by atoms with Gasteiger partial charge < -0.3 is 15.6 Å². The number of rotatable bonds is 4. The summed E-state index contributed by atoms with van der Waals surface area (Å²) < 4.78 is 19.2. The fourth-order valence-corrected chi connectivity index (χ4v) is 1.68. The quantitative estimate of drug-likeness (QED) is 0.889. The lowest BCUT2D eigenvalue weighted by atomic mass is 10.1. The lowest BCUT2D eigenvalue weighted by Gasteiger charge is -2.10. The Morgan fingerprint density at radius 1 is 1.21 bits per heavy atom. The predicted octanol–water partition coefficient (Wildman–Crippen LogP) is 3.13. The fraction of sp³-hybridized carbons (Fsp3) is 0.200. The van der Waals surface area contributed by atoms with Crippen LogP contribution in [-0.4, -0.2) is 5.11 Å². The first kappa shape index (κ1) is 13.5. The molecule has 1 atom stereocenters. The molecule has 100 valence electrons. The topological polar surface area (TPSA) is 55.5 Å². The molecule has 0 aliphatic rings. The number of aliphatic hydroxyl groups is 1. The Balaban J connectivity index is 2.18. The van der Waals surface area contributed by atoms with Crippen molar-refractivity contribution in [3.05, 3.63) is 59.4 Å². The number of halogens is 1. The lowest BCUT2D eigenvalue weighted by Crippen LogP contribution is -1.96. The average Bonchev–Trinajstić information content (AvgIpc) is 2.41. The number of hydrogen-bond acceptors (Lipinski definition) is 3. The van der Waals surface area contributed by atoms with Crippen LogP contribution in [0.4, 0.5) is 4.39 Å². The second-order valence-corrected chi connectivity index (χ2v) is 4.32. The molecule has 19 heavy (non-hydrogen) atoms. The summed E-state index contributed by atoms with van der Waals surface area (Å²) >= 11 is 0. The van der Waals surface area contributed by atoms with Crippen molar-refractivity contribution in [1.29, 1.82) is 0 Å². The fourth-order valence-electron chi connectivity index (χ4n) is 1.68. The van der Waals surface area contributed by atoms with Gasteiger partial charge in [0.05, 0.1) is 6.10 Å². The highest BCUT2D eigenvalue weighted by atomic mass is 19.1. The molecule has 3 N–H and O–H groups in total. The van der Waals surface area contributed by atoms with Gasteiger partial charge in [0, 0.05) is 6.54 Å². The molecule has 3 nitrogen and oxygen atoms in total. The maximum Gasteiger partial charge on any atom is 0.166 e. The van der Waals surface area contributed by atoms with Crippen molar-refractivity contribution < 1.29 is 14.2 Å². The third-order valence-corrected chi connectivity index (χ3v) is 2.83. The number of nitrogens with two attached hydrogens (primary N) is 1. The summed E-state index contributed by atoms with van der Waals surface area (Å²) in [7, 11) is 0. The van der Waals surface area contributed by atoms with Crippen LogP contribution in [0.3, 0.4) is 0 Å². The van der Waals surface area contributed by atoms with Gasteiger partial charge in [0.15, 0.2) is 11.6 Å². The molecular weight excluding hydrogens is 245 g/mol. The minimum atomic E-state index is -0.701. The van der Waals surface area contributed by atoms with Gasteiger partial charge in [-0.1, -0.05) is 18.2 Å². The summed E-state index contributed by atoms with van der Waals surface area (Å²) in [6, 6.07) is 11.6. The van der Waals surface area contributed by atoms with Gasteiger partial charge in [0.25, 0.3) is 0 Å². The van der Waals surface area contributed by atoms with Crippen LogP contribution >= 0.6 is 0 Å². The first-order valence-corrected chi connectivity index (χ1v) is 6.04. The smallest absolute Gasteiger partial charge is 0.166 e. The summed E-state index contributed by atoms with van der Waals surface area (Å²) in [5.41, 5.74) is 7.00. The normalized spacial score (nSPS) is 12.2. The van der Waals surface area contributed by atoms with E-state index in [4.69, 9.17) is 10.5 Å². The standard InChI is InChI=1S/C15H16FNO2/c1-10(18)12-4-7-15(14(16)8-12)19-13-5-2-11(9-17)3-6-13/h2-8,10,18H,9,17H2,1H3. The van der Waals surface area contributed by atoms with Gasteiger partial charge in [-0.2, -0.15) is 0 Å². The molecule has 0 fully saturated rings. The van der Waals surface area contributed by atoms with Crippen LogP contribution in [0.15, 0.2) is 42.5 Å². The van der Waals surface area contributed by atoms with Crippen molar-refractivity contribution in [2.24, 2.45) is 5.73 Å². The molecule has 0 spiro atoms. The molecule has 0 heterocycles. The Hall–Kier alpha value is -1.91. The summed E-state index contributed by atoms with van der Waals surface area (Å²) in [6.07, 6.45) is -0.701. The molecule has 4 heteroatoms. The lowest BCUT2D eigenvalue weighted by molar-refractivity contribution is 0.198. The molecule has 0 aromatic heterocycles. The molecule has 0 aliphatic heterocycles. The van der Waals surface area contributed by atoms with Crippen LogP contribution in [-0.2, 0) is 6.54 Å². The van der Waals surface area contributed by atoms with Gasteiger partial charge in [-0.3, -0.25) is 0 Å². The van der Waals surface area contributed by atoms with Crippen molar-refractivity contribution in [2.75, 3.05) is 0 Å². The first-order chi connectivity index (χ1) is 9.10. The van der Waals surface area contributed by atoms with E-state index in [2.05, 4.69) is 0 Å². The van der Waals surface area contributed by atoms with Gasteiger partial charge >= 0.3 is 0 Å². The van der Waals surface area contributed by atoms with Gasteiger partial charge in [-0.25, -0.2) is 4.39 Å². The highest BCUT2D eigenvalue weighted by molar-refractivity contribution is 5.36. The van der Waals surface area contributed by atoms with Crippen LogP contribution in [0.2, 0.25) is 0 Å². The summed E-state index contributed by atoms with van der Waals surface area (Å²) in [4.78, 5) is 0. The van der Waals surface area contributed by atoms with E-state index < -0.39 is 11.9 Å². The van der Waals surface area contributed by atoms with Crippen molar-refractivity contribution in [2.45, 2.75) is 19.6 Å². The molecule has 2 aromatic carbocycles. The Bertz CT molecular complexity index is 553. The van der Waals surface area contributed by atoms with Crippen LogP contribution in [0.5, 0.6) is 11.5 Å². The molecular formula is C15H16FNO2. The van der Waals surface area contributed by atoms with Crippen molar-refractivity contribution in [3.63, 3.8) is 0 Å². The summed E-state index contributed by atoms with van der Waals surface area (Å²) in [6.45, 7) is 2.04. The SMILES string of the molecule is CC(O)c1ccc(Oc2ccc(CN)cc2)c(F)c1. The zero-order chi connectivity index (χ0) is 13.8. The molecule has 0 saturated carbocycles. The molecule has 1 unspecified atom stereocenters. The zero-order valence-corrected chi connectivity index (χ0v) is 10.6. The number of hydrogen-bond donors (Lipinski definition) is 2. The Morgan fingerprint density at radius 2 is 1.89 bits per heavy atom. The number of ether oxygens (including phenoxy) is 1. The van der Waals surface area contributed by atoms with Crippen LogP contribution in [0, 0.1) is 5.82 Å². The number of benzene rings is 2. The molecule has 0 radical (unpaired) electrons. The molecule has 0 aliphatic carbocycles. The second kappa shape index (κ2) is 5.82. The summed E-state index contributed by atoms with van der Waals surface area (Å²) in [5.74, 6) is 0.173. The van der Waals surface area contributed by atoms with E-state index in [1.807, 2.05) is 12.1 Å². The average molecular weight is 261 g/mol. The van der Waals surface area contributed by atoms with Gasteiger partial charge in [-0.05, 0) is 42.3 Å². The largest absolute Gasteiger partial charge is 0.454 e. The minimum Gasteiger partial charge on any atom is -0.454 e. The Labute approximate surface area is 111 Å². The van der Waals surface area contributed by atoms with E-state index in [1.54, 1.807) is 25.1 Å². The van der Waals surface area contributed by atoms with Gasteiger partial charge in [0.2, 0.25) is 0 Å². The monoisotopic (exact) mass is 261 g/mol. The van der Waals surface area contributed by atoms with E-state index in [-0.39, 0.29) is 5.75 Å². The minimum absolute atomic E-state index is 0.130. The van der Waals surface area contributed by atoms with E-state index in [9.17, 15) is 9.50 Å². The van der Waals surface area contributed by atoms with E-state index in [0.29, 0.717) is 17.9 Å². The maximum absolute atomic E-state index is 13.8.